The first kappa shape index (κ1) is 20.3. The molecule has 2 amide bonds. The summed E-state index contributed by atoms with van der Waals surface area (Å²) in [6, 6.07) is 4.20. The highest BCUT2D eigenvalue weighted by Crippen LogP contribution is 2.24. The zero-order chi connectivity index (χ0) is 20.0. The van der Waals surface area contributed by atoms with E-state index in [0.717, 1.165) is 6.07 Å². The third kappa shape index (κ3) is 5.48. The van der Waals surface area contributed by atoms with Crippen LogP contribution in [0, 0.1) is 10.1 Å². The number of rotatable bonds is 7. The van der Waals surface area contributed by atoms with Crippen molar-refractivity contribution in [2.75, 3.05) is 13.2 Å². The van der Waals surface area contributed by atoms with Gasteiger partial charge in [-0.3, -0.25) is 24.5 Å². The van der Waals surface area contributed by atoms with Crippen LogP contribution in [-0.2, 0) is 14.3 Å². The smallest absolute Gasteiger partial charge is 0.305 e. The van der Waals surface area contributed by atoms with E-state index in [-0.39, 0.29) is 17.7 Å². The molecule has 0 spiro atoms. The molecule has 10 nitrogen and oxygen atoms in total. The van der Waals surface area contributed by atoms with E-state index >= 15 is 0 Å². The van der Waals surface area contributed by atoms with Crippen LogP contribution in [0.25, 0.3) is 0 Å². The number of hydrogen-bond acceptors (Lipinski definition) is 6. The molecule has 1 aliphatic heterocycles. The number of ether oxygens (including phenoxy) is 1. The molecule has 0 aromatic heterocycles. The van der Waals surface area contributed by atoms with Crippen molar-refractivity contribution in [2.24, 2.45) is 0 Å². The normalized spacial score (nSPS) is 16.8. The van der Waals surface area contributed by atoms with Crippen molar-refractivity contribution in [1.82, 2.24) is 10.6 Å². The lowest BCUT2D eigenvalue weighted by Crippen LogP contribution is -2.57. The molecule has 1 saturated heterocycles. The Kier molecular flexibility index (Phi) is 6.45. The summed E-state index contributed by atoms with van der Waals surface area (Å²) in [5, 5.41) is 25.1. The van der Waals surface area contributed by atoms with E-state index in [4.69, 9.17) is 9.84 Å². The summed E-state index contributed by atoms with van der Waals surface area (Å²) in [7, 11) is 0. The minimum Gasteiger partial charge on any atom is -0.481 e. The van der Waals surface area contributed by atoms with Crippen molar-refractivity contribution >= 4 is 23.5 Å². The summed E-state index contributed by atoms with van der Waals surface area (Å²) in [5.74, 6) is -2.21. The highest BCUT2D eigenvalue weighted by Gasteiger charge is 2.37. The van der Waals surface area contributed by atoms with Crippen molar-refractivity contribution in [3.63, 3.8) is 0 Å². The van der Waals surface area contributed by atoms with Gasteiger partial charge in [-0.15, -0.1) is 0 Å². The van der Waals surface area contributed by atoms with Gasteiger partial charge in [0.25, 0.3) is 11.6 Å². The van der Waals surface area contributed by atoms with Crippen molar-refractivity contribution in [1.29, 1.82) is 0 Å². The Morgan fingerprint density at radius 1 is 1.33 bits per heavy atom. The van der Waals surface area contributed by atoms with Crippen molar-refractivity contribution < 1.29 is 29.2 Å². The lowest BCUT2D eigenvalue weighted by Gasteiger charge is -2.37. The van der Waals surface area contributed by atoms with Gasteiger partial charge in [-0.25, -0.2) is 0 Å². The number of amides is 2. The van der Waals surface area contributed by atoms with Crippen LogP contribution >= 0.6 is 0 Å². The largest absolute Gasteiger partial charge is 0.481 e. The fraction of sp³-hybridized carbons (Fsp3) is 0.471. The van der Waals surface area contributed by atoms with Crippen LogP contribution in [0.1, 0.15) is 36.5 Å². The maximum Gasteiger partial charge on any atom is 0.305 e. The van der Waals surface area contributed by atoms with Crippen LogP contribution in [0.5, 0.6) is 0 Å². The van der Waals surface area contributed by atoms with Gasteiger partial charge in [0.2, 0.25) is 5.91 Å². The third-order valence-electron chi connectivity index (χ3n) is 4.39. The number of carbonyl (C=O) groups is 3. The predicted octanol–water partition coefficient (Wildman–Crippen LogP) is 0.853. The summed E-state index contributed by atoms with van der Waals surface area (Å²) < 4.78 is 5.23. The Morgan fingerprint density at radius 3 is 2.59 bits per heavy atom. The summed E-state index contributed by atoms with van der Waals surface area (Å²) in [4.78, 5) is 46.1. The molecule has 1 aromatic rings. The molecule has 1 atom stereocenters. The highest BCUT2D eigenvalue weighted by atomic mass is 16.6. The van der Waals surface area contributed by atoms with E-state index in [0.29, 0.717) is 26.1 Å². The lowest BCUT2D eigenvalue weighted by atomic mass is 9.86. The van der Waals surface area contributed by atoms with E-state index in [2.05, 4.69) is 10.6 Å². The van der Waals surface area contributed by atoms with Gasteiger partial charge in [0.05, 0.1) is 16.9 Å². The maximum atomic E-state index is 12.5. The molecule has 146 valence electrons. The van der Waals surface area contributed by atoms with Gasteiger partial charge in [-0.2, -0.15) is 0 Å². The number of non-ortho nitro benzene ring substituents is 1. The summed E-state index contributed by atoms with van der Waals surface area (Å²) in [5.41, 5.74) is -1.11. The summed E-state index contributed by atoms with van der Waals surface area (Å²) in [6.07, 6.45) is 0.473. The van der Waals surface area contributed by atoms with Crippen LogP contribution in [0.4, 0.5) is 5.69 Å². The number of hydrogen-bond donors (Lipinski definition) is 3. The first-order chi connectivity index (χ1) is 12.7. The molecule has 1 aromatic carbocycles. The molecule has 27 heavy (non-hydrogen) atoms. The second-order valence-corrected chi connectivity index (χ2v) is 6.46. The number of benzene rings is 1. The van der Waals surface area contributed by atoms with Gasteiger partial charge < -0.3 is 20.5 Å². The first-order valence-electron chi connectivity index (χ1n) is 8.39. The number of nitrogens with zero attached hydrogens (tertiary/aromatic N) is 1. The van der Waals surface area contributed by atoms with Crippen LogP contribution in [0.3, 0.4) is 0 Å². The molecule has 0 radical (unpaired) electrons. The van der Waals surface area contributed by atoms with Crippen LogP contribution < -0.4 is 10.6 Å². The van der Waals surface area contributed by atoms with Gasteiger partial charge >= 0.3 is 5.97 Å². The van der Waals surface area contributed by atoms with Gasteiger partial charge in [0.1, 0.15) is 6.04 Å². The SMILES string of the molecule is CC(NC(=O)c1cccc([N+](=O)[O-])c1)C(=O)NC1(CC(=O)O)CCOCC1. The van der Waals surface area contributed by atoms with Gasteiger partial charge in [0, 0.05) is 30.9 Å². The summed E-state index contributed by atoms with van der Waals surface area (Å²) >= 11 is 0. The Labute approximate surface area is 155 Å². The number of carboxylic acid groups (broad SMARTS) is 1. The predicted molar refractivity (Wildman–Crippen MR) is 93.2 cm³/mol. The molecule has 10 heteroatoms. The van der Waals surface area contributed by atoms with Crippen molar-refractivity contribution in [2.45, 2.75) is 37.8 Å². The minimum absolute atomic E-state index is 0.0511. The number of aliphatic carboxylic acids is 1. The lowest BCUT2D eigenvalue weighted by molar-refractivity contribution is -0.384. The zero-order valence-electron chi connectivity index (χ0n) is 14.8. The first-order valence-corrected chi connectivity index (χ1v) is 8.39. The van der Waals surface area contributed by atoms with E-state index in [1.807, 2.05) is 0 Å². The molecule has 3 N–H and O–H groups in total. The van der Waals surface area contributed by atoms with E-state index < -0.39 is 34.3 Å². The van der Waals surface area contributed by atoms with Gasteiger partial charge in [-0.05, 0) is 25.8 Å². The molecule has 1 fully saturated rings. The Bertz CT molecular complexity index is 744. The molecule has 0 bridgehead atoms. The number of nitro groups is 1. The molecule has 0 aliphatic carbocycles. The van der Waals surface area contributed by atoms with E-state index in [1.54, 1.807) is 0 Å². The molecule has 1 heterocycles. The summed E-state index contributed by atoms with van der Waals surface area (Å²) in [6.45, 7) is 2.13. The average Bonchev–Trinajstić information content (AvgIpc) is 2.61. The molecule has 1 aliphatic rings. The Balaban J connectivity index is 2.03. The van der Waals surface area contributed by atoms with Gasteiger partial charge in [-0.1, -0.05) is 6.07 Å². The fourth-order valence-electron chi connectivity index (χ4n) is 2.87. The zero-order valence-corrected chi connectivity index (χ0v) is 14.8. The monoisotopic (exact) mass is 379 g/mol. The average molecular weight is 379 g/mol. The van der Waals surface area contributed by atoms with Crippen LogP contribution in [0.2, 0.25) is 0 Å². The number of carboxylic acids is 1. The quantitative estimate of drug-likeness (QED) is 0.470. The Hall–Kier alpha value is -3.01. The fourth-order valence-corrected chi connectivity index (χ4v) is 2.87. The number of nitrogens with one attached hydrogen (secondary N) is 2. The second kappa shape index (κ2) is 8.58. The molecule has 0 saturated carbocycles. The number of nitro benzene ring substituents is 1. The van der Waals surface area contributed by atoms with Gasteiger partial charge in [0.15, 0.2) is 0 Å². The number of carbonyl (C=O) groups excluding carboxylic acids is 2. The Morgan fingerprint density at radius 2 is 2.00 bits per heavy atom. The standard InChI is InChI=1S/C17H21N3O7/c1-11(18-16(24)12-3-2-4-13(9-12)20(25)26)15(23)19-17(10-14(21)22)5-7-27-8-6-17/h2-4,9,11H,5-8,10H2,1H3,(H,18,24)(H,19,23)(H,21,22). The second-order valence-electron chi connectivity index (χ2n) is 6.46. The highest BCUT2D eigenvalue weighted by molar-refractivity contribution is 5.98. The molecule has 2 rings (SSSR count). The third-order valence-corrected chi connectivity index (χ3v) is 4.39. The van der Waals surface area contributed by atoms with Crippen molar-refractivity contribution in [3.8, 4) is 0 Å². The van der Waals surface area contributed by atoms with E-state index in [9.17, 15) is 24.5 Å². The minimum atomic E-state index is -1.04. The van der Waals surface area contributed by atoms with Crippen molar-refractivity contribution in [3.05, 3.63) is 39.9 Å². The maximum absolute atomic E-state index is 12.5. The van der Waals surface area contributed by atoms with E-state index in [1.165, 1.54) is 25.1 Å². The topological polar surface area (TPSA) is 148 Å². The molecule has 1 unspecified atom stereocenters. The molecular formula is C17H21N3O7. The van der Waals surface area contributed by atoms with Crippen LogP contribution in [0.15, 0.2) is 24.3 Å². The van der Waals surface area contributed by atoms with Crippen LogP contribution in [-0.4, -0.2) is 52.6 Å². The molecular weight excluding hydrogens is 358 g/mol.